The van der Waals surface area contributed by atoms with E-state index in [1.807, 2.05) is 0 Å². The molecule has 0 radical (unpaired) electrons. The van der Waals surface area contributed by atoms with Crippen LogP contribution in [-0.4, -0.2) is 9.13 Å². The maximum atomic E-state index is 14.4. The monoisotopic (exact) mass is 917 g/mol. The van der Waals surface area contributed by atoms with E-state index >= 15 is 0 Å². The van der Waals surface area contributed by atoms with Crippen molar-refractivity contribution in [1.29, 1.82) is 5.26 Å². The average Bonchev–Trinajstić information content (AvgIpc) is 3.69. The first-order valence-corrected chi connectivity index (χ1v) is 17.8. The van der Waals surface area contributed by atoms with E-state index in [9.17, 15) is 84.3 Å². The van der Waals surface area contributed by atoms with E-state index in [2.05, 4.69) is 0 Å². The molecule has 330 valence electrons. The van der Waals surface area contributed by atoms with Gasteiger partial charge in [-0.1, -0.05) is 0 Å². The normalized spacial score (nSPS) is 13.5. The zero-order valence-corrected chi connectivity index (χ0v) is 31.0. The molecule has 0 fully saturated rings. The van der Waals surface area contributed by atoms with Gasteiger partial charge in [-0.05, 0) is 109 Å². The minimum atomic E-state index is -5.49. The second-order valence-corrected chi connectivity index (χ2v) is 14.4. The summed E-state index contributed by atoms with van der Waals surface area (Å²) in [5, 5.41) is 8.55. The van der Waals surface area contributed by atoms with Gasteiger partial charge in [0.15, 0.2) is 0 Å². The Kier molecular flexibility index (Phi) is 9.63. The molecule has 0 bridgehead atoms. The number of nitrogens with zero attached hydrogens (tertiary/aromatic N) is 3. The summed E-state index contributed by atoms with van der Waals surface area (Å²) in [5.41, 5.74) is -14.1. The number of rotatable bonds is 3. The number of alkyl halides is 18. The predicted octanol–water partition coefficient (Wildman–Crippen LogP) is 15.5. The second kappa shape index (κ2) is 14.1. The SMILES string of the molecule is N#Cc1cc(-n2c3ccc(C(F)(F)F)cc3c3cc(C(F)(F)F)ccc32)c(-c2cc(C(F)(F)F)cc(C(F)(F)F)c2)cc1-n1c2ccc(C(F)(F)F)cc2c2cc(C(F)(F)F)ccc21. The van der Waals surface area contributed by atoms with E-state index < -0.39 is 120 Å². The average molecular weight is 918 g/mol. The molecule has 8 rings (SSSR count). The molecule has 3 nitrogen and oxygen atoms in total. The number of nitriles is 1. The number of fused-ring (bicyclic) bond motifs is 6. The Labute approximate surface area is 344 Å². The highest BCUT2D eigenvalue weighted by molar-refractivity contribution is 6.12. The number of benzene rings is 6. The minimum Gasteiger partial charge on any atom is -0.309 e. The summed E-state index contributed by atoms with van der Waals surface area (Å²) in [6.45, 7) is 0. The van der Waals surface area contributed by atoms with Crippen LogP contribution in [0.2, 0.25) is 0 Å². The van der Waals surface area contributed by atoms with Crippen molar-refractivity contribution in [2.24, 2.45) is 0 Å². The number of hydrogen-bond acceptors (Lipinski definition) is 1. The van der Waals surface area contributed by atoms with Crippen molar-refractivity contribution in [3.05, 3.63) is 142 Å². The minimum absolute atomic E-state index is 0.235. The molecule has 0 atom stereocenters. The van der Waals surface area contributed by atoms with Crippen molar-refractivity contribution >= 4 is 43.6 Å². The van der Waals surface area contributed by atoms with E-state index in [-0.39, 0.29) is 40.3 Å². The van der Waals surface area contributed by atoms with Crippen LogP contribution in [0, 0.1) is 11.3 Å². The first-order valence-electron chi connectivity index (χ1n) is 17.8. The molecule has 8 aromatic rings. The fraction of sp³-hybridized carbons (Fsp3) is 0.140. The maximum absolute atomic E-state index is 14.4. The highest BCUT2D eigenvalue weighted by Crippen LogP contribution is 2.47. The third-order valence-electron chi connectivity index (χ3n) is 10.5. The van der Waals surface area contributed by atoms with Gasteiger partial charge < -0.3 is 9.13 Å². The number of halogens is 18. The lowest BCUT2D eigenvalue weighted by molar-refractivity contribution is -0.143. The zero-order chi connectivity index (χ0) is 46.9. The van der Waals surface area contributed by atoms with Crippen LogP contribution in [-0.2, 0) is 37.1 Å². The summed E-state index contributed by atoms with van der Waals surface area (Å²) >= 11 is 0. The third-order valence-corrected chi connectivity index (χ3v) is 10.5. The Morgan fingerprint density at radius 3 is 0.906 bits per heavy atom. The highest BCUT2D eigenvalue weighted by Gasteiger charge is 2.39. The van der Waals surface area contributed by atoms with E-state index in [0.29, 0.717) is 48.5 Å². The summed E-state index contributed by atoms with van der Waals surface area (Å²) in [7, 11) is 0. The summed E-state index contributed by atoms with van der Waals surface area (Å²) in [4.78, 5) is 0. The van der Waals surface area contributed by atoms with Crippen LogP contribution >= 0.6 is 0 Å². The van der Waals surface area contributed by atoms with Crippen molar-refractivity contribution in [1.82, 2.24) is 9.13 Å². The quantitative estimate of drug-likeness (QED) is 0.163. The fourth-order valence-corrected chi connectivity index (χ4v) is 7.65. The van der Waals surface area contributed by atoms with Crippen LogP contribution in [0.25, 0.3) is 66.1 Å². The van der Waals surface area contributed by atoms with Gasteiger partial charge >= 0.3 is 37.1 Å². The van der Waals surface area contributed by atoms with E-state index in [4.69, 9.17) is 0 Å². The summed E-state index contributed by atoms with van der Waals surface area (Å²) < 4.78 is 256. The Bertz CT molecular complexity index is 3080. The molecule has 21 heteroatoms. The Morgan fingerprint density at radius 2 is 0.625 bits per heavy atom. The highest BCUT2D eigenvalue weighted by atomic mass is 19.4. The lowest BCUT2D eigenvalue weighted by Gasteiger charge is -2.21. The van der Waals surface area contributed by atoms with Crippen molar-refractivity contribution in [2.75, 3.05) is 0 Å². The van der Waals surface area contributed by atoms with Crippen LogP contribution in [0.4, 0.5) is 79.0 Å². The lowest BCUT2D eigenvalue weighted by Crippen LogP contribution is -2.11. The van der Waals surface area contributed by atoms with Crippen molar-refractivity contribution in [2.45, 2.75) is 37.1 Å². The lowest BCUT2D eigenvalue weighted by atomic mass is 9.95. The van der Waals surface area contributed by atoms with Gasteiger partial charge in [-0.3, -0.25) is 0 Å². The second-order valence-electron chi connectivity index (χ2n) is 14.4. The van der Waals surface area contributed by atoms with Gasteiger partial charge in [-0.2, -0.15) is 84.3 Å². The summed E-state index contributed by atoms with van der Waals surface area (Å²) in [6, 6.07) is 10.7. The zero-order valence-electron chi connectivity index (χ0n) is 31.0. The van der Waals surface area contributed by atoms with E-state index in [1.165, 1.54) is 0 Å². The Balaban J connectivity index is 1.57. The summed E-state index contributed by atoms with van der Waals surface area (Å²) in [6.07, 6.45) is -31.2. The van der Waals surface area contributed by atoms with E-state index in [0.717, 1.165) is 45.5 Å². The van der Waals surface area contributed by atoms with Crippen molar-refractivity contribution in [3.63, 3.8) is 0 Å². The van der Waals surface area contributed by atoms with Crippen molar-refractivity contribution < 1.29 is 79.0 Å². The molecule has 0 aliphatic rings. The molecule has 64 heavy (non-hydrogen) atoms. The molecule has 0 unspecified atom stereocenters. The molecular weight excluding hydrogens is 900 g/mol. The van der Waals surface area contributed by atoms with Gasteiger partial charge in [0.05, 0.1) is 72.4 Å². The van der Waals surface area contributed by atoms with Gasteiger partial charge in [0.1, 0.15) is 6.07 Å². The van der Waals surface area contributed by atoms with Crippen LogP contribution in [0.15, 0.2) is 103 Å². The molecule has 0 aliphatic carbocycles. The largest absolute Gasteiger partial charge is 0.416 e. The van der Waals surface area contributed by atoms with Gasteiger partial charge in [0.2, 0.25) is 0 Å². The fourth-order valence-electron chi connectivity index (χ4n) is 7.65. The molecule has 0 spiro atoms. The smallest absolute Gasteiger partial charge is 0.309 e. The third kappa shape index (κ3) is 7.47. The van der Waals surface area contributed by atoms with Crippen LogP contribution in [0.3, 0.4) is 0 Å². The molecule has 6 aromatic carbocycles. The maximum Gasteiger partial charge on any atom is 0.416 e. The Morgan fingerprint density at radius 1 is 0.328 bits per heavy atom. The molecular formula is C43H17F18N3. The summed E-state index contributed by atoms with van der Waals surface area (Å²) in [5.74, 6) is 0. The van der Waals surface area contributed by atoms with Crippen LogP contribution < -0.4 is 0 Å². The van der Waals surface area contributed by atoms with Gasteiger partial charge in [0, 0.05) is 27.1 Å². The molecule has 0 saturated carbocycles. The molecule has 0 aliphatic heterocycles. The van der Waals surface area contributed by atoms with Gasteiger partial charge in [-0.25, -0.2) is 0 Å². The molecule has 0 N–H and O–H groups in total. The van der Waals surface area contributed by atoms with Gasteiger partial charge in [0.25, 0.3) is 0 Å². The molecule has 2 aromatic heterocycles. The first-order chi connectivity index (χ1) is 29.5. The molecule has 2 heterocycles. The molecule has 0 amide bonds. The van der Waals surface area contributed by atoms with Gasteiger partial charge in [-0.15, -0.1) is 0 Å². The standard InChI is InChI=1S/C43H17F18N3/c44-38(45,46)21-1-5-32-28(13-21)29-14-22(39(47,48)49)2-6-33(29)63(32)36-17-27(19-9-25(42(56,57)58)12-26(10-19)43(59,60)61)37(11-20(36)18-62)64-34-7-3-23(40(50,51)52)15-30(34)31-16-24(41(53,54)55)4-8-35(31)64/h1-17H. The van der Waals surface area contributed by atoms with Crippen LogP contribution in [0.5, 0.6) is 0 Å². The number of aromatic nitrogens is 2. The van der Waals surface area contributed by atoms with E-state index in [1.54, 1.807) is 6.07 Å². The van der Waals surface area contributed by atoms with Crippen LogP contribution in [0.1, 0.15) is 38.9 Å². The topological polar surface area (TPSA) is 33.6 Å². The Hall–Kier alpha value is -6.85. The first kappa shape index (κ1) is 43.8. The number of hydrogen-bond donors (Lipinski definition) is 0. The van der Waals surface area contributed by atoms with Crippen molar-refractivity contribution in [3.8, 4) is 28.6 Å². The molecule has 0 saturated heterocycles. The predicted molar refractivity (Wildman–Crippen MR) is 195 cm³/mol.